The second-order valence-electron chi connectivity index (χ2n) is 7.95. The summed E-state index contributed by atoms with van der Waals surface area (Å²) in [6.45, 7) is 0.918. The molecule has 0 fully saturated rings. The summed E-state index contributed by atoms with van der Waals surface area (Å²) in [5.41, 5.74) is 2.64. The number of carbonyl (C=O) groups excluding carboxylic acids is 1. The highest BCUT2D eigenvalue weighted by Gasteiger charge is 2.19. The Hall–Kier alpha value is -3.98. The SMILES string of the molecule is O=C(c1ccc(F)cc1)N(Cc1ccccc1)Cc1c2ccccc2cc2ccccc12. The summed E-state index contributed by atoms with van der Waals surface area (Å²) in [5.74, 6) is -0.470. The predicted octanol–water partition coefficient (Wildman–Crippen LogP) is 6.97. The van der Waals surface area contributed by atoms with Crippen molar-refractivity contribution in [1.29, 1.82) is 0 Å². The van der Waals surface area contributed by atoms with E-state index in [9.17, 15) is 9.18 Å². The zero-order valence-corrected chi connectivity index (χ0v) is 17.5. The summed E-state index contributed by atoms with van der Waals surface area (Å²) in [4.78, 5) is 15.4. The third-order valence-corrected chi connectivity index (χ3v) is 5.83. The molecule has 5 aromatic rings. The largest absolute Gasteiger partial charge is 0.330 e. The number of benzene rings is 5. The van der Waals surface area contributed by atoms with Gasteiger partial charge in [0.2, 0.25) is 0 Å². The molecule has 2 nitrogen and oxygen atoms in total. The first-order valence-electron chi connectivity index (χ1n) is 10.7. The second kappa shape index (κ2) is 8.64. The number of carbonyl (C=O) groups is 1. The van der Waals surface area contributed by atoms with Crippen LogP contribution >= 0.6 is 0 Å². The number of rotatable bonds is 5. The molecule has 0 aliphatic rings. The molecule has 3 heteroatoms. The van der Waals surface area contributed by atoms with Crippen LogP contribution in [0.2, 0.25) is 0 Å². The third kappa shape index (κ3) is 3.97. The summed E-state index contributed by atoms with van der Waals surface area (Å²) in [7, 11) is 0. The molecule has 0 bridgehead atoms. The van der Waals surface area contributed by atoms with E-state index in [4.69, 9.17) is 0 Å². The highest BCUT2D eigenvalue weighted by molar-refractivity contribution is 6.03. The van der Waals surface area contributed by atoms with Crippen LogP contribution in [-0.4, -0.2) is 10.8 Å². The molecule has 5 rings (SSSR count). The van der Waals surface area contributed by atoms with E-state index in [1.807, 2.05) is 59.5 Å². The van der Waals surface area contributed by atoms with E-state index in [1.165, 1.54) is 12.1 Å². The summed E-state index contributed by atoms with van der Waals surface area (Å²) < 4.78 is 13.5. The molecular formula is C29H22FNO. The molecule has 1 amide bonds. The fourth-order valence-corrected chi connectivity index (χ4v) is 4.25. The molecule has 32 heavy (non-hydrogen) atoms. The van der Waals surface area contributed by atoms with E-state index in [0.717, 1.165) is 32.7 Å². The minimum Gasteiger partial charge on any atom is -0.330 e. The maximum Gasteiger partial charge on any atom is 0.254 e. The summed E-state index contributed by atoms with van der Waals surface area (Å²) in [5, 5.41) is 4.57. The zero-order valence-electron chi connectivity index (χ0n) is 17.5. The first kappa shape index (κ1) is 20.0. The van der Waals surface area contributed by atoms with Crippen molar-refractivity contribution in [2.24, 2.45) is 0 Å². The average molecular weight is 419 g/mol. The Bertz CT molecular complexity index is 1340. The Morgan fingerprint density at radius 1 is 0.656 bits per heavy atom. The van der Waals surface area contributed by atoms with Gasteiger partial charge in [-0.1, -0.05) is 78.9 Å². The molecule has 5 aromatic carbocycles. The van der Waals surface area contributed by atoms with Gasteiger partial charge in [0.1, 0.15) is 5.82 Å². The van der Waals surface area contributed by atoms with Crippen molar-refractivity contribution in [3.63, 3.8) is 0 Å². The van der Waals surface area contributed by atoms with E-state index < -0.39 is 0 Å². The van der Waals surface area contributed by atoms with Crippen molar-refractivity contribution in [2.75, 3.05) is 0 Å². The van der Waals surface area contributed by atoms with Crippen LogP contribution in [0.3, 0.4) is 0 Å². The molecule has 0 heterocycles. The lowest BCUT2D eigenvalue weighted by Gasteiger charge is -2.25. The Morgan fingerprint density at radius 2 is 1.22 bits per heavy atom. The molecule has 0 aromatic heterocycles. The Balaban J connectivity index is 1.62. The normalized spacial score (nSPS) is 11.0. The van der Waals surface area contributed by atoms with E-state index >= 15 is 0 Å². The third-order valence-electron chi connectivity index (χ3n) is 5.83. The molecule has 0 saturated carbocycles. The Kier molecular flexibility index (Phi) is 5.39. The van der Waals surface area contributed by atoms with Gasteiger partial charge in [-0.25, -0.2) is 4.39 Å². The lowest BCUT2D eigenvalue weighted by atomic mass is 9.96. The van der Waals surface area contributed by atoms with Crippen LogP contribution in [-0.2, 0) is 13.1 Å². The van der Waals surface area contributed by atoms with Crippen molar-refractivity contribution >= 4 is 27.5 Å². The average Bonchev–Trinajstić information content (AvgIpc) is 2.84. The maximum absolute atomic E-state index is 13.5. The minimum atomic E-state index is -0.351. The molecule has 0 spiro atoms. The van der Waals surface area contributed by atoms with Crippen molar-refractivity contribution in [1.82, 2.24) is 4.90 Å². The van der Waals surface area contributed by atoms with E-state index in [-0.39, 0.29) is 11.7 Å². The predicted molar refractivity (Wildman–Crippen MR) is 128 cm³/mol. The van der Waals surface area contributed by atoms with Gasteiger partial charge in [0, 0.05) is 18.7 Å². The lowest BCUT2D eigenvalue weighted by Crippen LogP contribution is -2.30. The topological polar surface area (TPSA) is 20.3 Å². The van der Waals surface area contributed by atoms with Crippen molar-refractivity contribution in [3.8, 4) is 0 Å². The molecule has 0 aliphatic heterocycles. The summed E-state index contributed by atoms with van der Waals surface area (Å²) in [6, 6.07) is 34.5. The zero-order chi connectivity index (χ0) is 21.9. The van der Waals surface area contributed by atoms with Gasteiger partial charge in [-0.2, -0.15) is 0 Å². The summed E-state index contributed by atoms with van der Waals surface area (Å²) in [6.07, 6.45) is 0. The molecule has 0 saturated heterocycles. The number of amides is 1. The van der Waals surface area contributed by atoms with Gasteiger partial charge in [0.15, 0.2) is 0 Å². The second-order valence-corrected chi connectivity index (χ2v) is 7.95. The van der Waals surface area contributed by atoms with Crippen molar-refractivity contribution in [2.45, 2.75) is 13.1 Å². The minimum absolute atomic E-state index is 0.120. The first-order valence-corrected chi connectivity index (χ1v) is 10.7. The van der Waals surface area contributed by atoms with E-state index in [2.05, 4.69) is 30.3 Å². The number of hydrogen-bond acceptors (Lipinski definition) is 1. The smallest absolute Gasteiger partial charge is 0.254 e. The van der Waals surface area contributed by atoms with Gasteiger partial charge in [0.05, 0.1) is 0 Å². The number of hydrogen-bond donors (Lipinski definition) is 0. The van der Waals surface area contributed by atoms with Gasteiger partial charge in [-0.15, -0.1) is 0 Å². The quantitative estimate of drug-likeness (QED) is 0.282. The van der Waals surface area contributed by atoms with Crippen LogP contribution in [0.4, 0.5) is 4.39 Å². The van der Waals surface area contributed by atoms with Crippen LogP contribution in [0.25, 0.3) is 21.5 Å². The molecule has 156 valence electrons. The van der Waals surface area contributed by atoms with Crippen LogP contribution < -0.4 is 0 Å². The molecule has 0 radical (unpaired) electrons. The molecule has 0 atom stereocenters. The van der Waals surface area contributed by atoms with Crippen LogP contribution in [0, 0.1) is 5.82 Å². The first-order chi connectivity index (χ1) is 15.7. The van der Waals surface area contributed by atoms with Gasteiger partial charge in [-0.05, 0) is 63.0 Å². The van der Waals surface area contributed by atoms with Crippen LogP contribution in [0.15, 0.2) is 109 Å². The van der Waals surface area contributed by atoms with E-state index in [1.54, 1.807) is 12.1 Å². The fraction of sp³-hybridized carbons (Fsp3) is 0.0690. The monoisotopic (exact) mass is 419 g/mol. The number of halogens is 1. The highest BCUT2D eigenvalue weighted by atomic mass is 19.1. The van der Waals surface area contributed by atoms with Gasteiger partial charge >= 0.3 is 0 Å². The molecular weight excluding hydrogens is 397 g/mol. The van der Waals surface area contributed by atoms with Crippen molar-refractivity contribution in [3.05, 3.63) is 132 Å². The summed E-state index contributed by atoms with van der Waals surface area (Å²) >= 11 is 0. The molecule has 0 unspecified atom stereocenters. The lowest BCUT2D eigenvalue weighted by molar-refractivity contribution is 0.0731. The Morgan fingerprint density at radius 3 is 1.84 bits per heavy atom. The van der Waals surface area contributed by atoms with Gasteiger partial charge in [-0.3, -0.25) is 4.79 Å². The molecule has 0 aliphatic carbocycles. The van der Waals surface area contributed by atoms with Crippen LogP contribution in [0.1, 0.15) is 21.5 Å². The number of nitrogens with zero attached hydrogens (tertiary/aromatic N) is 1. The highest BCUT2D eigenvalue weighted by Crippen LogP contribution is 2.30. The van der Waals surface area contributed by atoms with Gasteiger partial charge < -0.3 is 4.90 Å². The fourth-order valence-electron chi connectivity index (χ4n) is 4.25. The van der Waals surface area contributed by atoms with Gasteiger partial charge in [0.25, 0.3) is 5.91 Å². The maximum atomic E-state index is 13.5. The van der Waals surface area contributed by atoms with Crippen molar-refractivity contribution < 1.29 is 9.18 Å². The number of fused-ring (bicyclic) bond motifs is 2. The molecule has 0 N–H and O–H groups in total. The van der Waals surface area contributed by atoms with E-state index in [0.29, 0.717) is 18.7 Å². The van der Waals surface area contributed by atoms with Crippen LogP contribution in [0.5, 0.6) is 0 Å². The standard InChI is InChI=1S/C29H22FNO/c30-25-16-14-22(15-17-25)29(32)31(19-21-8-2-1-3-9-21)20-28-26-12-6-4-10-23(26)18-24-11-5-7-13-27(24)28/h1-18H,19-20H2. The Labute approximate surface area is 186 Å².